The van der Waals surface area contributed by atoms with Crippen molar-refractivity contribution in [1.82, 2.24) is 15.1 Å². The highest BCUT2D eigenvalue weighted by atomic mass is 16.2. The standard InChI is InChI=1S/C15H28N4O/c1-5-6-12(2)17-15(20)14(4)19-9-7-18(8-10-19)13(3)11-16/h12-14H,5-10H2,1-4H3,(H,17,20). The molecule has 1 fully saturated rings. The third-order valence-electron chi connectivity index (χ3n) is 4.12. The predicted molar refractivity (Wildman–Crippen MR) is 80.2 cm³/mol. The van der Waals surface area contributed by atoms with Crippen molar-refractivity contribution in [3.63, 3.8) is 0 Å². The zero-order valence-corrected chi connectivity index (χ0v) is 13.2. The molecule has 0 spiro atoms. The molecule has 0 bridgehead atoms. The molecule has 0 saturated carbocycles. The van der Waals surface area contributed by atoms with Crippen LogP contribution in [0.3, 0.4) is 0 Å². The van der Waals surface area contributed by atoms with Gasteiger partial charge in [-0.3, -0.25) is 14.6 Å². The highest BCUT2D eigenvalue weighted by Gasteiger charge is 2.27. The molecule has 5 heteroatoms. The molecule has 1 rings (SSSR count). The van der Waals surface area contributed by atoms with E-state index in [0.29, 0.717) is 0 Å². The lowest BCUT2D eigenvalue weighted by Crippen LogP contribution is -2.55. The van der Waals surface area contributed by atoms with Crippen LogP contribution >= 0.6 is 0 Å². The number of hydrogen-bond acceptors (Lipinski definition) is 4. The fourth-order valence-electron chi connectivity index (χ4n) is 2.63. The molecule has 0 aliphatic carbocycles. The zero-order valence-electron chi connectivity index (χ0n) is 13.2. The van der Waals surface area contributed by atoms with Gasteiger partial charge in [-0.05, 0) is 27.2 Å². The molecule has 1 heterocycles. The minimum Gasteiger partial charge on any atom is -0.352 e. The summed E-state index contributed by atoms with van der Waals surface area (Å²) in [6.07, 6.45) is 2.10. The van der Waals surface area contributed by atoms with Crippen molar-refractivity contribution in [3.8, 4) is 6.07 Å². The van der Waals surface area contributed by atoms with Crippen LogP contribution in [0.1, 0.15) is 40.5 Å². The average Bonchev–Trinajstić information content (AvgIpc) is 2.46. The molecule has 0 aromatic heterocycles. The van der Waals surface area contributed by atoms with E-state index in [1.165, 1.54) is 0 Å². The van der Waals surface area contributed by atoms with Gasteiger partial charge in [0.05, 0.1) is 18.2 Å². The molecular formula is C15H28N4O. The number of piperazine rings is 1. The Bertz CT molecular complexity index is 344. The van der Waals surface area contributed by atoms with Gasteiger partial charge in [-0.2, -0.15) is 5.26 Å². The normalized spacial score (nSPS) is 21.8. The molecule has 3 unspecified atom stereocenters. The molecule has 0 aromatic carbocycles. The summed E-state index contributed by atoms with van der Waals surface area (Å²) in [5, 5.41) is 12.0. The van der Waals surface area contributed by atoms with Crippen LogP contribution in [0, 0.1) is 11.3 Å². The second kappa shape index (κ2) is 8.23. The third kappa shape index (κ3) is 4.77. The first kappa shape index (κ1) is 16.9. The lowest BCUT2D eigenvalue weighted by atomic mass is 10.1. The third-order valence-corrected chi connectivity index (χ3v) is 4.12. The van der Waals surface area contributed by atoms with Gasteiger partial charge in [0.15, 0.2) is 0 Å². The molecule has 3 atom stereocenters. The van der Waals surface area contributed by atoms with E-state index in [-0.39, 0.29) is 24.0 Å². The second-order valence-electron chi connectivity index (χ2n) is 5.75. The molecule has 1 aliphatic heterocycles. The predicted octanol–water partition coefficient (Wildman–Crippen LogP) is 1.21. The molecule has 114 valence electrons. The van der Waals surface area contributed by atoms with Gasteiger partial charge in [0, 0.05) is 32.2 Å². The SMILES string of the molecule is CCCC(C)NC(=O)C(C)N1CCN(C(C)C#N)CC1. The van der Waals surface area contributed by atoms with E-state index in [2.05, 4.69) is 35.0 Å². The number of carbonyl (C=O) groups is 1. The molecule has 0 radical (unpaired) electrons. The van der Waals surface area contributed by atoms with Crippen LogP contribution in [0.25, 0.3) is 0 Å². The summed E-state index contributed by atoms with van der Waals surface area (Å²) in [6.45, 7) is 11.5. The van der Waals surface area contributed by atoms with Gasteiger partial charge in [0.25, 0.3) is 0 Å². The van der Waals surface area contributed by atoms with Crippen LogP contribution in [0.4, 0.5) is 0 Å². The Balaban J connectivity index is 2.40. The monoisotopic (exact) mass is 280 g/mol. The summed E-state index contributed by atoms with van der Waals surface area (Å²) < 4.78 is 0. The van der Waals surface area contributed by atoms with E-state index in [1.807, 2.05) is 13.8 Å². The Kier molecular flexibility index (Phi) is 6.97. The van der Waals surface area contributed by atoms with Gasteiger partial charge in [-0.1, -0.05) is 13.3 Å². The van der Waals surface area contributed by atoms with Crippen LogP contribution < -0.4 is 5.32 Å². The van der Waals surface area contributed by atoms with Crippen LogP contribution in [0.2, 0.25) is 0 Å². The van der Waals surface area contributed by atoms with Crippen molar-refractivity contribution >= 4 is 5.91 Å². The first-order chi connectivity index (χ1) is 9.49. The molecule has 1 N–H and O–H groups in total. The quantitative estimate of drug-likeness (QED) is 0.794. The zero-order chi connectivity index (χ0) is 15.1. The molecule has 1 saturated heterocycles. The highest BCUT2D eigenvalue weighted by molar-refractivity contribution is 5.81. The van der Waals surface area contributed by atoms with Crippen molar-refractivity contribution in [2.75, 3.05) is 26.2 Å². The molecule has 1 aliphatic rings. The summed E-state index contributed by atoms with van der Waals surface area (Å²) in [6, 6.07) is 2.39. The number of carbonyl (C=O) groups excluding carboxylic acids is 1. The Morgan fingerprint density at radius 1 is 1.20 bits per heavy atom. The van der Waals surface area contributed by atoms with Gasteiger partial charge in [-0.15, -0.1) is 0 Å². The summed E-state index contributed by atoms with van der Waals surface area (Å²) in [5.41, 5.74) is 0. The number of nitriles is 1. The van der Waals surface area contributed by atoms with Crippen molar-refractivity contribution < 1.29 is 4.79 Å². The number of amides is 1. The topological polar surface area (TPSA) is 59.4 Å². The van der Waals surface area contributed by atoms with E-state index in [9.17, 15) is 4.79 Å². The number of hydrogen-bond donors (Lipinski definition) is 1. The lowest BCUT2D eigenvalue weighted by molar-refractivity contribution is -0.127. The molecule has 5 nitrogen and oxygen atoms in total. The highest BCUT2D eigenvalue weighted by Crippen LogP contribution is 2.09. The maximum Gasteiger partial charge on any atom is 0.237 e. The summed E-state index contributed by atoms with van der Waals surface area (Å²) in [4.78, 5) is 16.6. The molecular weight excluding hydrogens is 252 g/mol. The Morgan fingerprint density at radius 3 is 2.25 bits per heavy atom. The molecule has 20 heavy (non-hydrogen) atoms. The Morgan fingerprint density at radius 2 is 1.75 bits per heavy atom. The maximum atomic E-state index is 12.2. The first-order valence-electron chi connectivity index (χ1n) is 7.67. The fourth-order valence-corrected chi connectivity index (χ4v) is 2.63. The summed E-state index contributed by atoms with van der Waals surface area (Å²) in [7, 11) is 0. The van der Waals surface area contributed by atoms with Crippen LogP contribution in [0.15, 0.2) is 0 Å². The number of nitrogens with zero attached hydrogens (tertiary/aromatic N) is 3. The second-order valence-corrected chi connectivity index (χ2v) is 5.75. The van der Waals surface area contributed by atoms with Gasteiger partial charge in [0.1, 0.15) is 0 Å². The average molecular weight is 280 g/mol. The largest absolute Gasteiger partial charge is 0.352 e. The first-order valence-corrected chi connectivity index (χ1v) is 7.67. The van der Waals surface area contributed by atoms with Gasteiger partial charge < -0.3 is 5.32 Å². The Hall–Kier alpha value is -1.12. The lowest BCUT2D eigenvalue weighted by Gasteiger charge is -2.38. The molecule has 0 aromatic rings. The minimum absolute atomic E-state index is 0.0362. The maximum absolute atomic E-state index is 12.2. The molecule has 1 amide bonds. The van der Waals surface area contributed by atoms with Gasteiger partial charge in [-0.25, -0.2) is 0 Å². The van der Waals surface area contributed by atoms with Gasteiger partial charge in [0.2, 0.25) is 5.91 Å². The van der Waals surface area contributed by atoms with Crippen LogP contribution in [-0.2, 0) is 4.79 Å². The van der Waals surface area contributed by atoms with Crippen LogP contribution in [-0.4, -0.2) is 60.0 Å². The van der Waals surface area contributed by atoms with Gasteiger partial charge >= 0.3 is 0 Å². The van der Waals surface area contributed by atoms with Crippen molar-refractivity contribution in [1.29, 1.82) is 5.26 Å². The van der Waals surface area contributed by atoms with E-state index >= 15 is 0 Å². The van der Waals surface area contributed by atoms with Crippen molar-refractivity contribution in [3.05, 3.63) is 0 Å². The van der Waals surface area contributed by atoms with Crippen molar-refractivity contribution in [2.45, 2.75) is 58.7 Å². The summed E-state index contributed by atoms with van der Waals surface area (Å²) in [5.74, 6) is 0.118. The van der Waals surface area contributed by atoms with Crippen LogP contribution in [0.5, 0.6) is 0 Å². The van der Waals surface area contributed by atoms with E-state index < -0.39 is 0 Å². The Labute approximate surface area is 122 Å². The van der Waals surface area contributed by atoms with Crippen molar-refractivity contribution in [2.24, 2.45) is 0 Å². The van der Waals surface area contributed by atoms with E-state index in [4.69, 9.17) is 5.26 Å². The minimum atomic E-state index is -0.0890. The van der Waals surface area contributed by atoms with E-state index in [1.54, 1.807) is 0 Å². The fraction of sp³-hybridized carbons (Fsp3) is 0.867. The summed E-state index contributed by atoms with van der Waals surface area (Å²) >= 11 is 0. The number of rotatable bonds is 6. The van der Waals surface area contributed by atoms with E-state index in [0.717, 1.165) is 39.0 Å². The number of nitrogens with one attached hydrogen (secondary N) is 1. The smallest absolute Gasteiger partial charge is 0.237 e.